The number of carbonyl (C=O) groups excluding carboxylic acids is 1. The van der Waals surface area contributed by atoms with Crippen molar-refractivity contribution in [1.82, 2.24) is 5.32 Å². The largest absolute Gasteiger partial charge is 0.457 e. The monoisotopic (exact) mass is 245 g/mol. The lowest BCUT2D eigenvalue weighted by Crippen LogP contribution is -2.18. The fourth-order valence-corrected chi connectivity index (χ4v) is 1.54. The maximum atomic E-state index is 10.9. The number of carbonyl (C=O) groups is 1. The van der Waals surface area contributed by atoms with Crippen LogP contribution in [0.3, 0.4) is 0 Å². The fraction of sp³-hybridized carbons (Fsp3) is 0.214. The van der Waals surface area contributed by atoms with Gasteiger partial charge in [-0.3, -0.25) is 0 Å². The Morgan fingerprint density at radius 1 is 1.22 bits per heavy atom. The average Bonchev–Trinajstić information content (AvgIpc) is 2.85. The van der Waals surface area contributed by atoms with Gasteiger partial charge in [-0.25, -0.2) is 4.79 Å². The summed E-state index contributed by atoms with van der Waals surface area (Å²) in [5.41, 5.74) is 2.21. The zero-order valence-electron chi connectivity index (χ0n) is 10.4. The van der Waals surface area contributed by atoms with Crippen molar-refractivity contribution in [3.05, 3.63) is 47.7 Å². The summed E-state index contributed by atoms with van der Waals surface area (Å²) in [5, 5.41) is 2.38. The van der Waals surface area contributed by atoms with Crippen LogP contribution in [0.4, 0.5) is 4.79 Å². The van der Waals surface area contributed by atoms with Crippen LogP contribution in [-0.4, -0.2) is 13.1 Å². The van der Waals surface area contributed by atoms with Crippen LogP contribution in [0.1, 0.15) is 11.3 Å². The van der Waals surface area contributed by atoms with E-state index in [1.807, 2.05) is 37.3 Å². The van der Waals surface area contributed by atoms with E-state index in [1.54, 1.807) is 6.07 Å². The van der Waals surface area contributed by atoms with Crippen LogP contribution < -0.4 is 5.32 Å². The second-order valence-electron chi connectivity index (χ2n) is 3.96. The van der Waals surface area contributed by atoms with Crippen molar-refractivity contribution < 1.29 is 13.9 Å². The second kappa shape index (κ2) is 5.40. The van der Waals surface area contributed by atoms with E-state index in [-0.39, 0.29) is 6.61 Å². The number of aryl methyl sites for hydroxylation is 1. The number of amides is 1. The number of rotatable bonds is 3. The van der Waals surface area contributed by atoms with Crippen LogP contribution in [0.5, 0.6) is 0 Å². The van der Waals surface area contributed by atoms with E-state index in [0.717, 1.165) is 11.3 Å². The molecular weight excluding hydrogens is 230 g/mol. The second-order valence-corrected chi connectivity index (χ2v) is 3.96. The van der Waals surface area contributed by atoms with E-state index < -0.39 is 6.09 Å². The minimum absolute atomic E-state index is 0.130. The van der Waals surface area contributed by atoms with Gasteiger partial charge in [0.2, 0.25) is 0 Å². The molecule has 1 aromatic carbocycles. The first-order valence-corrected chi connectivity index (χ1v) is 5.69. The Morgan fingerprint density at radius 2 is 1.94 bits per heavy atom. The molecule has 4 nitrogen and oxygen atoms in total. The Kier molecular flexibility index (Phi) is 3.67. The van der Waals surface area contributed by atoms with Crippen molar-refractivity contribution in [3.8, 4) is 11.3 Å². The van der Waals surface area contributed by atoms with Crippen molar-refractivity contribution >= 4 is 6.09 Å². The van der Waals surface area contributed by atoms with E-state index >= 15 is 0 Å². The Bertz CT molecular complexity index is 528. The Labute approximate surface area is 106 Å². The molecule has 2 aromatic rings. The van der Waals surface area contributed by atoms with Crippen LogP contribution in [0.2, 0.25) is 0 Å². The molecule has 0 bridgehead atoms. The molecule has 0 saturated heterocycles. The summed E-state index contributed by atoms with van der Waals surface area (Å²) >= 11 is 0. The molecule has 1 amide bonds. The molecule has 0 radical (unpaired) electrons. The van der Waals surface area contributed by atoms with Gasteiger partial charge in [0.25, 0.3) is 0 Å². The molecule has 1 N–H and O–H groups in total. The standard InChI is InChI=1S/C14H15NO3/c1-10-3-5-11(6-4-10)13-8-7-12(18-13)9-17-14(16)15-2/h3-8H,9H2,1-2H3,(H,15,16). The summed E-state index contributed by atoms with van der Waals surface area (Å²) in [6, 6.07) is 11.7. The SMILES string of the molecule is CNC(=O)OCc1ccc(-c2ccc(C)cc2)o1. The normalized spacial score (nSPS) is 10.1. The molecule has 0 aliphatic carbocycles. The van der Waals surface area contributed by atoms with Gasteiger partial charge in [0, 0.05) is 12.6 Å². The van der Waals surface area contributed by atoms with E-state index in [9.17, 15) is 4.79 Å². The van der Waals surface area contributed by atoms with Crippen LogP contribution in [0, 0.1) is 6.92 Å². The Balaban J connectivity index is 2.06. The molecule has 4 heteroatoms. The van der Waals surface area contributed by atoms with Gasteiger partial charge in [-0.15, -0.1) is 0 Å². The quantitative estimate of drug-likeness (QED) is 0.903. The third kappa shape index (κ3) is 2.91. The van der Waals surface area contributed by atoms with Crippen LogP contribution in [0.15, 0.2) is 40.8 Å². The highest BCUT2D eigenvalue weighted by atomic mass is 16.6. The topological polar surface area (TPSA) is 51.5 Å². The Morgan fingerprint density at radius 3 is 2.61 bits per heavy atom. The molecule has 0 aliphatic heterocycles. The summed E-state index contributed by atoms with van der Waals surface area (Å²) in [6.07, 6.45) is -0.469. The van der Waals surface area contributed by atoms with Crippen molar-refractivity contribution in [1.29, 1.82) is 0 Å². The van der Waals surface area contributed by atoms with E-state index in [4.69, 9.17) is 9.15 Å². The van der Waals surface area contributed by atoms with E-state index in [0.29, 0.717) is 5.76 Å². The molecular formula is C14H15NO3. The molecule has 0 aliphatic rings. The maximum Gasteiger partial charge on any atom is 0.407 e. The van der Waals surface area contributed by atoms with Gasteiger partial charge in [-0.2, -0.15) is 0 Å². The predicted molar refractivity (Wildman–Crippen MR) is 68.1 cm³/mol. The molecule has 0 unspecified atom stereocenters. The van der Waals surface area contributed by atoms with Gasteiger partial charge in [0.05, 0.1) is 0 Å². The van der Waals surface area contributed by atoms with Gasteiger partial charge < -0.3 is 14.5 Å². The van der Waals surface area contributed by atoms with E-state index in [1.165, 1.54) is 12.6 Å². The van der Waals surface area contributed by atoms with Crippen LogP contribution >= 0.6 is 0 Å². The highest BCUT2D eigenvalue weighted by Gasteiger charge is 2.06. The summed E-state index contributed by atoms with van der Waals surface area (Å²) in [6.45, 7) is 2.17. The lowest BCUT2D eigenvalue weighted by atomic mass is 10.1. The summed E-state index contributed by atoms with van der Waals surface area (Å²) in [7, 11) is 1.52. The van der Waals surface area contributed by atoms with Crippen molar-refractivity contribution in [2.24, 2.45) is 0 Å². The predicted octanol–water partition coefficient (Wildman–Crippen LogP) is 3.11. The minimum Gasteiger partial charge on any atom is -0.457 e. The molecule has 2 rings (SSSR count). The first kappa shape index (κ1) is 12.2. The van der Waals surface area contributed by atoms with Crippen molar-refractivity contribution in [2.45, 2.75) is 13.5 Å². The molecule has 18 heavy (non-hydrogen) atoms. The van der Waals surface area contributed by atoms with Crippen molar-refractivity contribution in [2.75, 3.05) is 7.05 Å². The third-order valence-corrected chi connectivity index (χ3v) is 2.55. The fourth-order valence-electron chi connectivity index (χ4n) is 1.54. The van der Waals surface area contributed by atoms with Gasteiger partial charge in [-0.1, -0.05) is 29.8 Å². The van der Waals surface area contributed by atoms with Crippen LogP contribution in [0.25, 0.3) is 11.3 Å². The maximum absolute atomic E-state index is 10.9. The lowest BCUT2D eigenvalue weighted by molar-refractivity contribution is 0.133. The Hall–Kier alpha value is -2.23. The number of furan rings is 1. The molecule has 1 aromatic heterocycles. The molecule has 1 heterocycles. The number of hydrogen-bond donors (Lipinski definition) is 1. The van der Waals surface area contributed by atoms with Crippen LogP contribution in [-0.2, 0) is 11.3 Å². The molecule has 0 saturated carbocycles. The minimum atomic E-state index is -0.469. The summed E-state index contributed by atoms with van der Waals surface area (Å²) in [4.78, 5) is 10.9. The number of alkyl carbamates (subject to hydrolysis) is 1. The number of hydrogen-bond acceptors (Lipinski definition) is 3. The van der Waals surface area contributed by atoms with Crippen molar-refractivity contribution in [3.63, 3.8) is 0 Å². The highest BCUT2D eigenvalue weighted by molar-refractivity contribution is 5.66. The zero-order valence-corrected chi connectivity index (χ0v) is 10.4. The molecule has 94 valence electrons. The highest BCUT2D eigenvalue weighted by Crippen LogP contribution is 2.22. The first-order chi connectivity index (χ1) is 8.69. The number of nitrogens with one attached hydrogen (secondary N) is 1. The molecule has 0 spiro atoms. The van der Waals surface area contributed by atoms with Gasteiger partial charge >= 0.3 is 6.09 Å². The third-order valence-electron chi connectivity index (χ3n) is 2.55. The number of ether oxygens (including phenoxy) is 1. The first-order valence-electron chi connectivity index (χ1n) is 5.69. The average molecular weight is 245 g/mol. The van der Waals surface area contributed by atoms with Gasteiger partial charge in [-0.05, 0) is 19.1 Å². The molecule has 0 fully saturated rings. The smallest absolute Gasteiger partial charge is 0.407 e. The van der Waals surface area contributed by atoms with Gasteiger partial charge in [0.15, 0.2) is 6.61 Å². The zero-order chi connectivity index (χ0) is 13.0. The summed E-state index contributed by atoms with van der Waals surface area (Å²) in [5.74, 6) is 1.39. The lowest BCUT2D eigenvalue weighted by Gasteiger charge is -2.01. The van der Waals surface area contributed by atoms with Gasteiger partial charge in [0.1, 0.15) is 11.5 Å². The number of benzene rings is 1. The van der Waals surface area contributed by atoms with E-state index in [2.05, 4.69) is 5.32 Å². The molecule has 0 atom stereocenters. The summed E-state index contributed by atoms with van der Waals surface area (Å²) < 4.78 is 10.5.